The number of carbonyl (C=O) groups excluding carboxylic acids is 1. The highest BCUT2D eigenvalue weighted by Crippen LogP contribution is 2.45. The third-order valence-electron chi connectivity index (χ3n) is 6.55. The predicted molar refractivity (Wildman–Crippen MR) is 134 cm³/mol. The minimum atomic E-state index is -0.810. The molecule has 1 aliphatic rings. The Kier molecular flexibility index (Phi) is 5.01. The van der Waals surface area contributed by atoms with Gasteiger partial charge in [0.1, 0.15) is 28.2 Å². The molecule has 1 aliphatic heterocycles. The third-order valence-corrected chi connectivity index (χ3v) is 6.55. The number of carbonyl (C=O) groups is 1. The number of H-pyrrole nitrogens is 1. The SMILES string of the molecule is COc1ccc(-c2cc(=O)c3c(O)cc4c(c3o2)[C@H](c2cc3ccccc3[nH]c2=O)CC(=O)O4)cc1O. The van der Waals surface area contributed by atoms with Gasteiger partial charge in [0.2, 0.25) is 0 Å². The summed E-state index contributed by atoms with van der Waals surface area (Å²) in [6.45, 7) is 0. The maximum Gasteiger partial charge on any atom is 0.312 e. The molecule has 0 saturated carbocycles. The van der Waals surface area contributed by atoms with E-state index in [0.29, 0.717) is 22.2 Å². The Morgan fingerprint density at radius 3 is 2.57 bits per heavy atom. The molecule has 0 bridgehead atoms. The molecule has 184 valence electrons. The van der Waals surface area contributed by atoms with Crippen LogP contribution in [-0.4, -0.2) is 28.3 Å². The van der Waals surface area contributed by atoms with Gasteiger partial charge in [0.25, 0.3) is 5.56 Å². The summed E-state index contributed by atoms with van der Waals surface area (Å²) < 4.78 is 16.6. The van der Waals surface area contributed by atoms with Gasteiger partial charge in [0.15, 0.2) is 16.9 Å². The molecule has 0 saturated heterocycles. The van der Waals surface area contributed by atoms with E-state index in [9.17, 15) is 24.6 Å². The number of hydrogen-bond donors (Lipinski definition) is 3. The molecular weight excluding hydrogens is 478 g/mol. The zero-order chi connectivity index (χ0) is 25.8. The summed E-state index contributed by atoms with van der Waals surface area (Å²) in [7, 11) is 1.41. The maximum atomic E-state index is 13.2. The van der Waals surface area contributed by atoms with E-state index >= 15 is 0 Å². The summed E-state index contributed by atoms with van der Waals surface area (Å²) in [6.07, 6.45) is -0.175. The number of ether oxygens (including phenoxy) is 2. The zero-order valence-corrected chi connectivity index (χ0v) is 19.4. The van der Waals surface area contributed by atoms with E-state index in [0.717, 1.165) is 5.39 Å². The van der Waals surface area contributed by atoms with Gasteiger partial charge < -0.3 is 29.1 Å². The Hall–Kier alpha value is -5.05. The number of aromatic hydroxyl groups is 2. The molecule has 9 heteroatoms. The molecule has 0 amide bonds. The van der Waals surface area contributed by atoms with Gasteiger partial charge in [-0.1, -0.05) is 18.2 Å². The average molecular weight is 497 g/mol. The molecule has 6 rings (SSSR count). The first kappa shape index (κ1) is 22.4. The summed E-state index contributed by atoms with van der Waals surface area (Å²) in [5, 5.41) is 21.5. The lowest BCUT2D eigenvalue weighted by molar-refractivity contribution is -0.135. The van der Waals surface area contributed by atoms with Crippen molar-refractivity contribution in [3.05, 3.63) is 92.4 Å². The van der Waals surface area contributed by atoms with Crippen molar-refractivity contribution in [2.75, 3.05) is 7.11 Å². The van der Waals surface area contributed by atoms with Crippen molar-refractivity contribution in [3.63, 3.8) is 0 Å². The maximum absolute atomic E-state index is 13.2. The molecule has 0 fully saturated rings. The molecule has 3 heterocycles. The number of nitrogens with one attached hydrogen (secondary N) is 1. The second kappa shape index (κ2) is 8.27. The Bertz CT molecular complexity index is 1870. The number of fused-ring (bicyclic) bond motifs is 4. The first-order chi connectivity index (χ1) is 17.8. The summed E-state index contributed by atoms with van der Waals surface area (Å²) in [6, 6.07) is 15.8. The highest BCUT2D eigenvalue weighted by molar-refractivity contribution is 5.93. The van der Waals surface area contributed by atoms with Crippen LogP contribution < -0.4 is 20.5 Å². The lowest BCUT2D eigenvalue weighted by atomic mass is 9.85. The number of para-hydroxylation sites is 1. The average Bonchev–Trinajstić information content (AvgIpc) is 2.87. The molecule has 37 heavy (non-hydrogen) atoms. The molecule has 3 N–H and O–H groups in total. The van der Waals surface area contributed by atoms with E-state index in [1.807, 2.05) is 12.1 Å². The fourth-order valence-electron chi connectivity index (χ4n) is 4.83. The zero-order valence-electron chi connectivity index (χ0n) is 19.4. The molecule has 0 spiro atoms. The molecule has 0 aliphatic carbocycles. The van der Waals surface area contributed by atoms with Crippen LogP contribution in [-0.2, 0) is 4.79 Å². The molecule has 1 atom stereocenters. The quantitative estimate of drug-likeness (QED) is 0.249. The van der Waals surface area contributed by atoms with Gasteiger partial charge >= 0.3 is 5.97 Å². The van der Waals surface area contributed by atoms with Crippen LogP contribution in [0.25, 0.3) is 33.2 Å². The number of phenolic OH excluding ortho intramolecular Hbond substituents is 2. The molecule has 9 nitrogen and oxygen atoms in total. The lowest BCUT2D eigenvalue weighted by Gasteiger charge is -2.25. The van der Waals surface area contributed by atoms with Crippen LogP contribution in [0.15, 0.2) is 74.7 Å². The van der Waals surface area contributed by atoms with Crippen LogP contribution >= 0.6 is 0 Å². The number of phenols is 2. The summed E-state index contributed by atoms with van der Waals surface area (Å²) in [4.78, 5) is 41.6. The number of methoxy groups -OCH3 is 1. The van der Waals surface area contributed by atoms with E-state index in [2.05, 4.69) is 4.98 Å². The number of rotatable bonds is 3. The Balaban J connectivity index is 1.64. The van der Waals surface area contributed by atoms with E-state index in [-0.39, 0.29) is 40.4 Å². The van der Waals surface area contributed by atoms with Gasteiger partial charge in [-0.25, -0.2) is 0 Å². The highest BCUT2D eigenvalue weighted by atomic mass is 16.5. The summed E-state index contributed by atoms with van der Waals surface area (Å²) >= 11 is 0. The number of pyridine rings is 1. The first-order valence-corrected chi connectivity index (χ1v) is 11.4. The van der Waals surface area contributed by atoms with Crippen LogP contribution in [0.3, 0.4) is 0 Å². The second-order valence-corrected chi connectivity index (χ2v) is 8.74. The molecule has 0 radical (unpaired) electrons. The van der Waals surface area contributed by atoms with E-state index in [1.54, 1.807) is 24.3 Å². The monoisotopic (exact) mass is 497 g/mol. The van der Waals surface area contributed by atoms with Gasteiger partial charge in [0, 0.05) is 40.3 Å². The van der Waals surface area contributed by atoms with Crippen molar-refractivity contribution in [3.8, 4) is 34.3 Å². The number of benzene rings is 3. The van der Waals surface area contributed by atoms with E-state index in [1.165, 1.54) is 31.4 Å². The first-order valence-electron chi connectivity index (χ1n) is 11.4. The van der Waals surface area contributed by atoms with Crippen LogP contribution in [0, 0.1) is 0 Å². The third kappa shape index (κ3) is 3.59. The number of hydrogen-bond acceptors (Lipinski definition) is 8. The predicted octanol–water partition coefficient (Wildman–Crippen LogP) is 4.16. The van der Waals surface area contributed by atoms with Crippen molar-refractivity contribution in [2.45, 2.75) is 12.3 Å². The van der Waals surface area contributed by atoms with Crippen molar-refractivity contribution in [1.82, 2.24) is 4.98 Å². The number of esters is 1. The lowest BCUT2D eigenvalue weighted by Crippen LogP contribution is -2.26. The Labute approximate surface area is 208 Å². The highest BCUT2D eigenvalue weighted by Gasteiger charge is 2.35. The van der Waals surface area contributed by atoms with Gasteiger partial charge in [-0.15, -0.1) is 0 Å². The topological polar surface area (TPSA) is 139 Å². The Morgan fingerprint density at radius 1 is 0.973 bits per heavy atom. The summed E-state index contributed by atoms with van der Waals surface area (Å²) in [5.41, 5.74) is 0.640. The molecular formula is C28H19NO8. The molecule has 5 aromatic rings. The number of aromatic nitrogens is 1. The standard InChI is InChI=1S/C28H19NO8/c1-35-21-7-6-14(9-18(21)30)22-11-19(31)26-20(32)12-23-25(27(26)37-22)15(10-24(33)36-23)16-8-13-4-2-3-5-17(13)29-28(16)34/h2-9,11-12,15,30,32H,10H2,1H3,(H,29,34)/t15-/m0/s1. The molecule has 0 unspecified atom stereocenters. The van der Waals surface area contributed by atoms with E-state index < -0.39 is 28.6 Å². The van der Waals surface area contributed by atoms with Gasteiger partial charge in [0.05, 0.1) is 13.5 Å². The van der Waals surface area contributed by atoms with Crippen molar-refractivity contribution in [2.24, 2.45) is 0 Å². The second-order valence-electron chi connectivity index (χ2n) is 8.74. The van der Waals surface area contributed by atoms with Gasteiger partial charge in [-0.3, -0.25) is 14.4 Å². The van der Waals surface area contributed by atoms with E-state index in [4.69, 9.17) is 13.9 Å². The van der Waals surface area contributed by atoms with Gasteiger partial charge in [-0.05, 0) is 35.7 Å². The smallest absolute Gasteiger partial charge is 0.312 e. The minimum absolute atomic E-state index is 0.00307. The van der Waals surface area contributed by atoms with Crippen molar-refractivity contribution >= 4 is 27.8 Å². The molecule has 2 aromatic heterocycles. The largest absolute Gasteiger partial charge is 0.507 e. The van der Waals surface area contributed by atoms with Crippen LogP contribution in [0.4, 0.5) is 0 Å². The minimum Gasteiger partial charge on any atom is -0.507 e. The van der Waals surface area contributed by atoms with Crippen LogP contribution in [0.5, 0.6) is 23.0 Å². The van der Waals surface area contributed by atoms with Crippen LogP contribution in [0.2, 0.25) is 0 Å². The summed E-state index contributed by atoms with van der Waals surface area (Å²) in [5.74, 6) is -1.65. The Morgan fingerprint density at radius 2 is 1.78 bits per heavy atom. The fraction of sp³-hybridized carbons (Fsp3) is 0.107. The number of aromatic amines is 1. The van der Waals surface area contributed by atoms with Gasteiger partial charge in [-0.2, -0.15) is 0 Å². The normalized spacial score (nSPS) is 14.9. The fourth-order valence-corrected chi connectivity index (χ4v) is 4.83. The van der Waals surface area contributed by atoms with Crippen molar-refractivity contribution in [1.29, 1.82) is 0 Å². The van der Waals surface area contributed by atoms with Crippen LogP contribution in [0.1, 0.15) is 23.5 Å². The van der Waals surface area contributed by atoms with Crippen molar-refractivity contribution < 1.29 is 28.9 Å². The molecule has 3 aromatic carbocycles.